The number of halogens is 1. The lowest BCUT2D eigenvalue weighted by atomic mass is 10.3. The van der Waals surface area contributed by atoms with Crippen molar-refractivity contribution >= 4 is 17.7 Å². The molecule has 0 unspecified atom stereocenters. The molecular weight excluding hydrogens is 346 g/mol. The normalized spacial score (nSPS) is 10.2. The Morgan fingerprint density at radius 3 is 2.56 bits per heavy atom. The van der Waals surface area contributed by atoms with Crippen molar-refractivity contribution < 1.29 is 23.7 Å². The highest BCUT2D eigenvalue weighted by molar-refractivity contribution is 6.32. The van der Waals surface area contributed by atoms with E-state index in [9.17, 15) is 4.79 Å². The Hall–Kier alpha value is -2.44. The van der Waals surface area contributed by atoms with Gasteiger partial charge in [-0.3, -0.25) is 0 Å². The Labute approximate surface area is 151 Å². The fourth-order valence-electron chi connectivity index (χ4n) is 1.87. The molecule has 2 rings (SSSR count). The molecule has 1 N–H and O–H groups in total. The van der Waals surface area contributed by atoms with Gasteiger partial charge in [-0.2, -0.15) is 0 Å². The fraction of sp³-hybridized carbons (Fsp3) is 0.278. The number of para-hydroxylation sites is 1. The van der Waals surface area contributed by atoms with Crippen LogP contribution in [0.5, 0.6) is 17.2 Å². The van der Waals surface area contributed by atoms with Crippen LogP contribution in [0.25, 0.3) is 0 Å². The summed E-state index contributed by atoms with van der Waals surface area (Å²) in [5, 5.41) is 2.99. The van der Waals surface area contributed by atoms with E-state index in [0.29, 0.717) is 29.7 Å². The molecule has 25 heavy (non-hydrogen) atoms. The molecule has 0 radical (unpaired) electrons. The number of carbonyl (C=O) groups is 1. The van der Waals surface area contributed by atoms with Gasteiger partial charge in [-0.05, 0) is 24.3 Å². The predicted octanol–water partition coefficient (Wildman–Crippen LogP) is 3.88. The number of nitrogens with one attached hydrogen (secondary N) is 1. The van der Waals surface area contributed by atoms with Crippen LogP contribution in [0.3, 0.4) is 0 Å². The molecule has 0 heterocycles. The second-order valence-electron chi connectivity index (χ2n) is 4.91. The van der Waals surface area contributed by atoms with E-state index in [1.54, 1.807) is 18.2 Å². The number of hydrogen-bond acceptors (Lipinski definition) is 5. The zero-order valence-electron chi connectivity index (χ0n) is 13.9. The van der Waals surface area contributed by atoms with Crippen LogP contribution >= 0.6 is 11.6 Å². The largest absolute Gasteiger partial charge is 0.490 e. The van der Waals surface area contributed by atoms with Gasteiger partial charge in [0.15, 0.2) is 0 Å². The van der Waals surface area contributed by atoms with E-state index < -0.39 is 6.09 Å². The quantitative estimate of drug-likeness (QED) is 0.683. The number of carbonyl (C=O) groups excluding carboxylic acids is 1. The first-order valence-electron chi connectivity index (χ1n) is 7.74. The summed E-state index contributed by atoms with van der Waals surface area (Å²) in [6.45, 7) is 1.12. The number of ether oxygens (including phenoxy) is 4. The molecule has 0 aliphatic heterocycles. The zero-order chi connectivity index (χ0) is 17.9. The van der Waals surface area contributed by atoms with Gasteiger partial charge < -0.3 is 24.3 Å². The van der Waals surface area contributed by atoms with E-state index in [0.717, 1.165) is 5.75 Å². The molecule has 0 aromatic heterocycles. The molecule has 0 spiro atoms. The number of benzene rings is 2. The number of hydrogen-bond donors (Lipinski definition) is 1. The van der Waals surface area contributed by atoms with Crippen LogP contribution in [0.1, 0.15) is 0 Å². The minimum absolute atomic E-state index is 0.206. The maximum absolute atomic E-state index is 11.3. The summed E-state index contributed by atoms with van der Waals surface area (Å²) in [4.78, 5) is 11.3. The summed E-state index contributed by atoms with van der Waals surface area (Å²) in [5.41, 5.74) is 0. The van der Waals surface area contributed by atoms with Gasteiger partial charge in [-0.25, -0.2) is 4.79 Å². The lowest BCUT2D eigenvalue weighted by molar-refractivity contribution is 0.0978. The molecule has 0 fully saturated rings. The third-order valence-corrected chi connectivity index (χ3v) is 3.33. The van der Waals surface area contributed by atoms with Crippen LogP contribution < -0.4 is 14.8 Å². The number of rotatable bonds is 9. The van der Waals surface area contributed by atoms with Crippen LogP contribution in [0.4, 0.5) is 4.79 Å². The number of alkyl carbamates (subject to hydrolysis) is 1. The second kappa shape index (κ2) is 10.4. The van der Waals surface area contributed by atoms with Gasteiger partial charge >= 0.3 is 6.09 Å². The lowest BCUT2D eigenvalue weighted by Gasteiger charge is -2.11. The maximum atomic E-state index is 11.3. The molecule has 6 nitrogen and oxygen atoms in total. The number of amides is 1. The van der Waals surface area contributed by atoms with Crippen LogP contribution in [0.2, 0.25) is 5.02 Å². The van der Waals surface area contributed by atoms with E-state index in [4.69, 9.17) is 30.5 Å². The summed E-state index contributed by atoms with van der Waals surface area (Å²) < 4.78 is 20.9. The maximum Gasteiger partial charge on any atom is 0.407 e. The summed E-state index contributed by atoms with van der Waals surface area (Å²) >= 11 is 6.19. The molecule has 0 saturated heterocycles. The van der Waals surface area contributed by atoms with Gasteiger partial charge in [0.05, 0.1) is 18.2 Å². The molecule has 0 atom stereocenters. The third kappa shape index (κ3) is 6.91. The molecule has 0 aliphatic carbocycles. The highest BCUT2D eigenvalue weighted by Crippen LogP contribution is 2.31. The van der Waals surface area contributed by atoms with Gasteiger partial charge in [0, 0.05) is 13.2 Å². The first-order chi connectivity index (χ1) is 12.2. The molecule has 2 aromatic rings. The summed E-state index contributed by atoms with van der Waals surface area (Å²) in [5.74, 6) is 1.85. The first kappa shape index (κ1) is 18.9. The van der Waals surface area contributed by atoms with Crippen molar-refractivity contribution in [3.8, 4) is 17.2 Å². The van der Waals surface area contributed by atoms with Gasteiger partial charge in [0.25, 0.3) is 0 Å². The smallest absolute Gasteiger partial charge is 0.407 e. The second-order valence-corrected chi connectivity index (χ2v) is 5.32. The van der Waals surface area contributed by atoms with Gasteiger partial charge in [0.2, 0.25) is 0 Å². The Balaban J connectivity index is 1.74. The molecule has 0 bridgehead atoms. The van der Waals surface area contributed by atoms with Crippen LogP contribution in [-0.4, -0.2) is 39.6 Å². The molecule has 0 saturated carbocycles. The minimum Gasteiger partial charge on any atom is -0.490 e. The third-order valence-electron chi connectivity index (χ3n) is 3.03. The van der Waals surface area contributed by atoms with Crippen LogP contribution in [0, 0.1) is 0 Å². The summed E-state index contributed by atoms with van der Waals surface area (Å²) in [6.07, 6.45) is -0.515. The van der Waals surface area contributed by atoms with Gasteiger partial charge in [-0.15, -0.1) is 0 Å². The molecule has 134 valence electrons. The fourth-order valence-corrected chi connectivity index (χ4v) is 2.09. The van der Waals surface area contributed by atoms with Gasteiger partial charge in [-0.1, -0.05) is 29.8 Å². The van der Waals surface area contributed by atoms with Crippen molar-refractivity contribution in [1.29, 1.82) is 0 Å². The SMILES string of the molecule is COCCOC(=O)NCCOc1ccc(Oc2ccccc2)cc1Cl. The summed E-state index contributed by atoms with van der Waals surface area (Å²) in [6, 6.07) is 14.6. The minimum atomic E-state index is -0.515. The summed E-state index contributed by atoms with van der Waals surface area (Å²) in [7, 11) is 1.54. The van der Waals surface area contributed by atoms with E-state index in [-0.39, 0.29) is 13.2 Å². The highest BCUT2D eigenvalue weighted by atomic mass is 35.5. The van der Waals surface area contributed by atoms with E-state index in [2.05, 4.69) is 5.32 Å². The lowest BCUT2D eigenvalue weighted by Crippen LogP contribution is -2.29. The van der Waals surface area contributed by atoms with Gasteiger partial charge in [0.1, 0.15) is 30.5 Å². The van der Waals surface area contributed by atoms with E-state index >= 15 is 0 Å². The Bertz CT molecular complexity index is 666. The zero-order valence-corrected chi connectivity index (χ0v) is 14.6. The Morgan fingerprint density at radius 2 is 1.84 bits per heavy atom. The van der Waals surface area contributed by atoms with Crippen molar-refractivity contribution in [2.75, 3.05) is 33.5 Å². The van der Waals surface area contributed by atoms with E-state index in [1.165, 1.54) is 7.11 Å². The van der Waals surface area contributed by atoms with Crippen molar-refractivity contribution in [3.05, 3.63) is 53.6 Å². The average molecular weight is 366 g/mol. The molecule has 7 heteroatoms. The van der Waals surface area contributed by atoms with E-state index in [1.807, 2.05) is 30.3 Å². The Morgan fingerprint density at radius 1 is 1.04 bits per heavy atom. The molecule has 1 amide bonds. The molecule has 0 aliphatic rings. The van der Waals surface area contributed by atoms with Crippen molar-refractivity contribution in [1.82, 2.24) is 5.32 Å². The Kier molecular flexibility index (Phi) is 7.88. The number of methoxy groups -OCH3 is 1. The van der Waals surface area contributed by atoms with Crippen molar-refractivity contribution in [2.45, 2.75) is 0 Å². The highest BCUT2D eigenvalue weighted by Gasteiger charge is 2.06. The monoisotopic (exact) mass is 365 g/mol. The predicted molar refractivity (Wildman–Crippen MR) is 94.7 cm³/mol. The standard InChI is InChI=1S/C18H20ClNO5/c1-22-11-12-24-18(21)20-9-10-23-17-8-7-15(13-16(17)19)25-14-5-3-2-4-6-14/h2-8,13H,9-12H2,1H3,(H,20,21). The molecule has 2 aromatic carbocycles. The van der Waals surface area contributed by atoms with Crippen LogP contribution in [-0.2, 0) is 9.47 Å². The topological polar surface area (TPSA) is 66.0 Å². The average Bonchev–Trinajstić information content (AvgIpc) is 2.61. The molecular formula is C18H20ClNO5. The van der Waals surface area contributed by atoms with Crippen LogP contribution in [0.15, 0.2) is 48.5 Å². The van der Waals surface area contributed by atoms with Crippen molar-refractivity contribution in [2.24, 2.45) is 0 Å². The van der Waals surface area contributed by atoms with Crippen molar-refractivity contribution in [3.63, 3.8) is 0 Å². The first-order valence-corrected chi connectivity index (χ1v) is 8.11.